The van der Waals surface area contributed by atoms with Crippen LogP contribution in [0.2, 0.25) is 0 Å². The first-order chi connectivity index (χ1) is 10.5. The van der Waals surface area contributed by atoms with Gasteiger partial charge in [0, 0.05) is 34.9 Å². The van der Waals surface area contributed by atoms with Crippen molar-refractivity contribution in [1.29, 1.82) is 0 Å². The first-order valence-electron chi connectivity index (χ1n) is 6.88. The molecule has 116 valence electrons. The van der Waals surface area contributed by atoms with Crippen molar-refractivity contribution in [2.45, 2.75) is 19.2 Å². The summed E-state index contributed by atoms with van der Waals surface area (Å²) in [5.74, 6) is -0.0894. The summed E-state index contributed by atoms with van der Waals surface area (Å²) in [6.07, 6.45) is 1.62. The molecule has 0 saturated carbocycles. The summed E-state index contributed by atoms with van der Waals surface area (Å²) in [5, 5.41) is 2.76. The molecule has 2 rings (SSSR count). The van der Waals surface area contributed by atoms with Gasteiger partial charge in [0.2, 0.25) is 0 Å². The molecule has 0 radical (unpaired) electrons. The molecule has 1 N–H and O–H groups in total. The third-order valence-corrected chi connectivity index (χ3v) is 3.99. The molecule has 22 heavy (non-hydrogen) atoms. The lowest BCUT2D eigenvalue weighted by molar-refractivity contribution is 0.0950. The highest BCUT2D eigenvalue weighted by molar-refractivity contribution is 7.83. The molecule has 1 amide bonds. The molecular formula is C17H18FNO2S. The van der Waals surface area contributed by atoms with Crippen LogP contribution in [-0.2, 0) is 23.1 Å². The monoisotopic (exact) mass is 319 g/mol. The molecule has 0 aliphatic rings. The highest BCUT2D eigenvalue weighted by atomic mass is 32.2. The quantitative estimate of drug-likeness (QED) is 0.921. The lowest BCUT2D eigenvalue weighted by atomic mass is 10.1. The number of halogens is 1. The maximum Gasteiger partial charge on any atom is 0.251 e. The Bertz CT molecular complexity index is 716. The molecule has 0 spiro atoms. The van der Waals surface area contributed by atoms with Crippen molar-refractivity contribution in [2.24, 2.45) is 0 Å². The van der Waals surface area contributed by atoms with E-state index in [1.807, 2.05) is 6.07 Å². The Balaban J connectivity index is 2.02. The van der Waals surface area contributed by atoms with Crippen molar-refractivity contribution in [2.75, 3.05) is 6.26 Å². The molecule has 0 bridgehead atoms. The Labute approximate surface area is 132 Å². The molecule has 0 aliphatic carbocycles. The zero-order valence-electron chi connectivity index (χ0n) is 12.6. The second-order valence-electron chi connectivity index (χ2n) is 5.18. The van der Waals surface area contributed by atoms with E-state index < -0.39 is 10.8 Å². The van der Waals surface area contributed by atoms with Crippen LogP contribution >= 0.6 is 0 Å². The normalized spacial score (nSPS) is 12.0. The lowest BCUT2D eigenvalue weighted by Crippen LogP contribution is -2.23. The third-order valence-electron chi connectivity index (χ3n) is 3.25. The summed E-state index contributed by atoms with van der Waals surface area (Å²) in [6, 6.07) is 11.9. The van der Waals surface area contributed by atoms with E-state index in [0.717, 1.165) is 5.56 Å². The van der Waals surface area contributed by atoms with Crippen LogP contribution in [0.3, 0.4) is 0 Å². The average molecular weight is 319 g/mol. The largest absolute Gasteiger partial charge is 0.348 e. The Morgan fingerprint density at radius 2 is 1.95 bits per heavy atom. The standard InChI is InChI=1S/C17H18FNO2S/c1-12-6-7-13(9-16(12)18)10-19-17(20)15-5-3-4-14(8-15)11-22(2)21/h3-9H,10-11H2,1-2H3,(H,19,20). The van der Waals surface area contributed by atoms with Crippen molar-refractivity contribution in [3.8, 4) is 0 Å². The minimum atomic E-state index is -0.950. The van der Waals surface area contributed by atoms with Gasteiger partial charge in [-0.25, -0.2) is 4.39 Å². The smallest absolute Gasteiger partial charge is 0.251 e. The molecule has 5 heteroatoms. The molecule has 3 nitrogen and oxygen atoms in total. The summed E-state index contributed by atoms with van der Waals surface area (Å²) in [7, 11) is -0.950. The van der Waals surface area contributed by atoms with Crippen molar-refractivity contribution < 1.29 is 13.4 Å². The van der Waals surface area contributed by atoms with Crippen LogP contribution in [0.4, 0.5) is 4.39 Å². The van der Waals surface area contributed by atoms with Gasteiger partial charge in [0.1, 0.15) is 5.82 Å². The topological polar surface area (TPSA) is 46.2 Å². The van der Waals surface area contributed by atoms with Crippen LogP contribution < -0.4 is 5.32 Å². The number of carbonyl (C=O) groups excluding carboxylic acids is 1. The average Bonchev–Trinajstić information content (AvgIpc) is 2.48. The maximum absolute atomic E-state index is 13.5. The number of nitrogens with one attached hydrogen (secondary N) is 1. The van der Waals surface area contributed by atoms with Gasteiger partial charge in [0.25, 0.3) is 5.91 Å². The molecule has 1 atom stereocenters. The van der Waals surface area contributed by atoms with Gasteiger partial charge in [-0.2, -0.15) is 0 Å². The fourth-order valence-electron chi connectivity index (χ4n) is 2.07. The minimum Gasteiger partial charge on any atom is -0.348 e. The number of carbonyl (C=O) groups is 1. The summed E-state index contributed by atoms with van der Waals surface area (Å²) in [6.45, 7) is 1.96. The second kappa shape index (κ2) is 7.31. The van der Waals surface area contributed by atoms with Crippen LogP contribution in [-0.4, -0.2) is 16.4 Å². The van der Waals surface area contributed by atoms with Crippen molar-refractivity contribution in [1.82, 2.24) is 5.32 Å². The van der Waals surface area contributed by atoms with E-state index in [0.29, 0.717) is 22.4 Å². The number of hydrogen-bond donors (Lipinski definition) is 1. The van der Waals surface area contributed by atoms with Crippen molar-refractivity contribution in [3.63, 3.8) is 0 Å². The Morgan fingerprint density at radius 3 is 2.64 bits per heavy atom. The number of aryl methyl sites for hydroxylation is 1. The molecule has 1 unspecified atom stereocenters. The van der Waals surface area contributed by atoms with Crippen LogP contribution in [0.1, 0.15) is 27.0 Å². The van der Waals surface area contributed by atoms with Crippen LogP contribution in [0.15, 0.2) is 42.5 Å². The molecule has 0 saturated heterocycles. The first kappa shape index (κ1) is 16.4. The van der Waals surface area contributed by atoms with E-state index >= 15 is 0 Å². The minimum absolute atomic E-state index is 0.232. The highest BCUT2D eigenvalue weighted by Crippen LogP contribution is 2.10. The van der Waals surface area contributed by atoms with E-state index in [-0.39, 0.29) is 18.3 Å². The van der Waals surface area contributed by atoms with E-state index in [9.17, 15) is 13.4 Å². The van der Waals surface area contributed by atoms with E-state index in [1.165, 1.54) is 6.07 Å². The van der Waals surface area contributed by atoms with Gasteiger partial charge in [0.05, 0.1) is 0 Å². The van der Waals surface area contributed by atoms with Crippen LogP contribution in [0.25, 0.3) is 0 Å². The van der Waals surface area contributed by atoms with Gasteiger partial charge in [-0.05, 0) is 41.8 Å². The highest BCUT2D eigenvalue weighted by Gasteiger charge is 2.07. The molecule has 2 aromatic rings. The van der Waals surface area contributed by atoms with E-state index in [1.54, 1.807) is 43.5 Å². The molecule has 0 heterocycles. The number of rotatable bonds is 5. The van der Waals surface area contributed by atoms with Gasteiger partial charge in [-0.1, -0.05) is 24.3 Å². The molecule has 2 aromatic carbocycles. The Morgan fingerprint density at radius 1 is 1.18 bits per heavy atom. The van der Waals surface area contributed by atoms with Gasteiger partial charge in [-0.15, -0.1) is 0 Å². The maximum atomic E-state index is 13.5. The first-order valence-corrected chi connectivity index (χ1v) is 8.60. The van der Waals surface area contributed by atoms with Gasteiger partial charge in [0.15, 0.2) is 0 Å². The number of benzene rings is 2. The van der Waals surface area contributed by atoms with Crippen molar-refractivity contribution >= 4 is 16.7 Å². The van der Waals surface area contributed by atoms with Gasteiger partial charge < -0.3 is 5.32 Å². The van der Waals surface area contributed by atoms with Gasteiger partial charge >= 0.3 is 0 Å². The fourth-order valence-corrected chi connectivity index (χ4v) is 2.72. The summed E-state index contributed by atoms with van der Waals surface area (Å²) >= 11 is 0. The van der Waals surface area contributed by atoms with Crippen LogP contribution in [0, 0.1) is 12.7 Å². The third kappa shape index (κ3) is 4.49. The molecule has 0 fully saturated rings. The number of hydrogen-bond acceptors (Lipinski definition) is 2. The zero-order valence-corrected chi connectivity index (χ0v) is 13.4. The van der Waals surface area contributed by atoms with E-state index in [4.69, 9.17) is 0 Å². The van der Waals surface area contributed by atoms with E-state index in [2.05, 4.69) is 5.32 Å². The molecular weight excluding hydrogens is 301 g/mol. The van der Waals surface area contributed by atoms with Crippen molar-refractivity contribution in [3.05, 3.63) is 70.5 Å². The second-order valence-corrected chi connectivity index (χ2v) is 6.62. The summed E-state index contributed by atoms with van der Waals surface area (Å²) < 4.78 is 24.7. The fraction of sp³-hybridized carbons (Fsp3) is 0.235. The lowest BCUT2D eigenvalue weighted by Gasteiger charge is -2.08. The van der Waals surface area contributed by atoms with Gasteiger partial charge in [-0.3, -0.25) is 9.00 Å². The Hall–Kier alpha value is -2.01. The Kier molecular flexibility index (Phi) is 5.44. The molecule has 0 aromatic heterocycles. The molecule has 0 aliphatic heterocycles. The summed E-state index contributed by atoms with van der Waals surface area (Å²) in [4.78, 5) is 12.1. The predicted octanol–water partition coefficient (Wildman–Crippen LogP) is 2.94. The summed E-state index contributed by atoms with van der Waals surface area (Å²) in [5.41, 5.74) is 2.66. The number of amides is 1. The zero-order chi connectivity index (χ0) is 16.1. The van der Waals surface area contributed by atoms with Crippen LogP contribution in [0.5, 0.6) is 0 Å². The predicted molar refractivity (Wildman–Crippen MR) is 86.5 cm³/mol. The SMILES string of the molecule is Cc1ccc(CNC(=O)c2cccc(CS(C)=O)c2)cc1F.